The largest absolute Gasteiger partial charge is 0.310 e. The molecule has 0 amide bonds. The van der Waals surface area contributed by atoms with Crippen LogP contribution >= 0.6 is 0 Å². The Kier molecular flexibility index (Phi) is 8.93. The average Bonchev–Trinajstić information content (AvgIpc) is 4.02. The van der Waals surface area contributed by atoms with Crippen molar-refractivity contribution in [2.45, 2.75) is 19.3 Å². The number of rotatable bonds is 7. The fraction of sp³-hybridized carbons (Fsp3) is 0.0448. The third-order valence-electron chi connectivity index (χ3n) is 15.1. The molecule has 2 heterocycles. The van der Waals surface area contributed by atoms with Crippen LogP contribution in [0, 0.1) is 0 Å². The Bertz CT molecular complexity index is 4160. The highest BCUT2D eigenvalue weighted by atomic mass is 15.1. The van der Waals surface area contributed by atoms with E-state index in [0.717, 1.165) is 28.4 Å². The minimum Gasteiger partial charge on any atom is -0.310 e. The van der Waals surface area contributed by atoms with E-state index in [9.17, 15) is 0 Å². The Hall–Kier alpha value is -8.92. The molecule has 0 N–H and O–H groups in total. The molecule has 0 radical (unpaired) electrons. The quantitative estimate of drug-likeness (QED) is 0.155. The third kappa shape index (κ3) is 6.08. The molecule has 330 valence electrons. The second kappa shape index (κ2) is 15.6. The summed E-state index contributed by atoms with van der Waals surface area (Å²) < 4.78 is 4.85. The molecule has 0 aliphatic heterocycles. The standard InChI is InChI=1S/C67H47N3/c1-67(2)59-24-14-12-22-53(59)54-36-35-52(43-60(54)67)68(50-31-26-45(27-32-50)44-16-6-3-7-17-44)51-33-28-46(29-34-51)47-30-39-62-58(42-47)66-56-38-40-63-65(55(56)37-41-64(66)70(62)49-20-10-5-11-21-49)57-23-13-15-25-61(57)69(63)48-18-8-4-9-19-48/h3-43H,1-2H3. The molecule has 0 saturated heterocycles. The summed E-state index contributed by atoms with van der Waals surface area (Å²) in [5.41, 5.74) is 20.5. The summed E-state index contributed by atoms with van der Waals surface area (Å²) in [5, 5.41) is 7.55. The van der Waals surface area contributed by atoms with Crippen LogP contribution in [0.25, 0.3) is 99.1 Å². The topological polar surface area (TPSA) is 13.1 Å². The first-order valence-electron chi connectivity index (χ1n) is 24.3. The molecule has 0 spiro atoms. The van der Waals surface area contributed by atoms with Crippen LogP contribution in [-0.4, -0.2) is 9.13 Å². The zero-order valence-electron chi connectivity index (χ0n) is 39.0. The number of fused-ring (bicyclic) bond motifs is 12. The van der Waals surface area contributed by atoms with Gasteiger partial charge in [-0.15, -0.1) is 0 Å². The predicted molar refractivity (Wildman–Crippen MR) is 296 cm³/mol. The summed E-state index contributed by atoms with van der Waals surface area (Å²) in [4.78, 5) is 2.41. The molecular formula is C67H47N3. The molecule has 70 heavy (non-hydrogen) atoms. The maximum absolute atomic E-state index is 2.44. The van der Waals surface area contributed by atoms with Gasteiger partial charge in [0.25, 0.3) is 0 Å². The molecular weight excluding hydrogens is 847 g/mol. The van der Waals surface area contributed by atoms with Crippen molar-refractivity contribution < 1.29 is 0 Å². The van der Waals surface area contributed by atoms with E-state index in [4.69, 9.17) is 0 Å². The van der Waals surface area contributed by atoms with E-state index in [1.54, 1.807) is 0 Å². The monoisotopic (exact) mass is 893 g/mol. The van der Waals surface area contributed by atoms with Gasteiger partial charge in [0.1, 0.15) is 0 Å². The van der Waals surface area contributed by atoms with E-state index >= 15 is 0 Å². The lowest BCUT2D eigenvalue weighted by molar-refractivity contribution is 0.660. The minimum atomic E-state index is -0.116. The van der Waals surface area contributed by atoms with Crippen molar-refractivity contribution in [1.82, 2.24) is 9.13 Å². The van der Waals surface area contributed by atoms with Crippen molar-refractivity contribution in [2.24, 2.45) is 0 Å². The van der Waals surface area contributed by atoms with E-state index in [-0.39, 0.29) is 5.41 Å². The Balaban J connectivity index is 0.926. The second-order valence-corrected chi connectivity index (χ2v) is 19.3. The lowest BCUT2D eigenvalue weighted by atomic mass is 9.82. The van der Waals surface area contributed by atoms with Gasteiger partial charge in [0, 0.05) is 55.4 Å². The van der Waals surface area contributed by atoms with E-state index in [2.05, 4.69) is 277 Å². The van der Waals surface area contributed by atoms with Gasteiger partial charge in [0.2, 0.25) is 0 Å². The van der Waals surface area contributed by atoms with Gasteiger partial charge in [0.15, 0.2) is 0 Å². The van der Waals surface area contributed by atoms with Crippen LogP contribution in [0.15, 0.2) is 249 Å². The molecule has 2 aromatic heterocycles. The molecule has 1 aliphatic rings. The van der Waals surface area contributed by atoms with Crippen LogP contribution in [0.5, 0.6) is 0 Å². The number of benzene rings is 11. The van der Waals surface area contributed by atoms with Gasteiger partial charge in [-0.25, -0.2) is 0 Å². The highest BCUT2D eigenvalue weighted by molar-refractivity contribution is 6.29. The number of hydrogen-bond donors (Lipinski definition) is 0. The Morgan fingerprint density at radius 2 is 0.757 bits per heavy atom. The van der Waals surface area contributed by atoms with E-state index in [0.29, 0.717) is 0 Å². The normalized spacial score (nSPS) is 12.8. The van der Waals surface area contributed by atoms with Crippen LogP contribution in [-0.2, 0) is 5.41 Å². The van der Waals surface area contributed by atoms with E-state index in [1.165, 1.54) is 98.9 Å². The zero-order chi connectivity index (χ0) is 46.5. The van der Waals surface area contributed by atoms with Crippen LogP contribution in [0.4, 0.5) is 17.1 Å². The lowest BCUT2D eigenvalue weighted by Crippen LogP contribution is -2.16. The SMILES string of the molecule is CC1(C)c2ccccc2-c2ccc(N(c3ccc(-c4ccccc4)cc3)c3ccc(-c4ccc5c(c4)c4c6ccc7c(c6ccc4n5-c4ccccc4)c4ccccc4n7-c4ccccc4)cc3)cc21. The number of anilines is 3. The van der Waals surface area contributed by atoms with Crippen LogP contribution in [0.3, 0.4) is 0 Å². The molecule has 0 saturated carbocycles. The van der Waals surface area contributed by atoms with Crippen molar-refractivity contribution in [1.29, 1.82) is 0 Å². The zero-order valence-corrected chi connectivity index (χ0v) is 39.0. The molecule has 0 bridgehead atoms. The Labute approximate surface area is 407 Å². The fourth-order valence-electron chi connectivity index (χ4n) is 11.8. The van der Waals surface area contributed by atoms with E-state index in [1.807, 2.05) is 0 Å². The molecule has 11 aromatic carbocycles. The maximum Gasteiger partial charge on any atom is 0.0547 e. The number of hydrogen-bond acceptors (Lipinski definition) is 1. The lowest BCUT2D eigenvalue weighted by Gasteiger charge is -2.28. The van der Waals surface area contributed by atoms with E-state index < -0.39 is 0 Å². The van der Waals surface area contributed by atoms with Crippen LogP contribution < -0.4 is 4.90 Å². The first-order chi connectivity index (χ1) is 34.5. The molecule has 3 heteroatoms. The highest BCUT2D eigenvalue weighted by Crippen LogP contribution is 2.51. The predicted octanol–water partition coefficient (Wildman–Crippen LogP) is 18.1. The van der Waals surface area contributed by atoms with Crippen molar-refractivity contribution in [3.05, 3.63) is 260 Å². The first kappa shape index (κ1) is 40.2. The van der Waals surface area contributed by atoms with Crippen molar-refractivity contribution >= 4 is 71.4 Å². The van der Waals surface area contributed by atoms with Gasteiger partial charge in [0.05, 0.1) is 22.1 Å². The summed E-state index contributed by atoms with van der Waals surface area (Å²) in [7, 11) is 0. The second-order valence-electron chi connectivity index (χ2n) is 19.3. The van der Waals surface area contributed by atoms with Gasteiger partial charge >= 0.3 is 0 Å². The number of para-hydroxylation sites is 3. The smallest absolute Gasteiger partial charge is 0.0547 e. The first-order valence-corrected chi connectivity index (χ1v) is 24.3. The fourth-order valence-corrected chi connectivity index (χ4v) is 11.8. The molecule has 0 unspecified atom stereocenters. The van der Waals surface area contributed by atoms with Crippen LogP contribution in [0.1, 0.15) is 25.0 Å². The molecule has 3 nitrogen and oxygen atoms in total. The Morgan fingerprint density at radius 3 is 1.40 bits per heavy atom. The van der Waals surface area contributed by atoms with Gasteiger partial charge in [-0.2, -0.15) is 0 Å². The van der Waals surface area contributed by atoms with Gasteiger partial charge < -0.3 is 14.0 Å². The number of aromatic nitrogens is 2. The highest BCUT2D eigenvalue weighted by Gasteiger charge is 2.36. The summed E-state index contributed by atoms with van der Waals surface area (Å²) in [6.45, 7) is 4.72. The molecule has 1 aliphatic carbocycles. The van der Waals surface area contributed by atoms with Crippen molar-refractivity contribution in [2.75, 3.05) is 4.90 Å². The van der Waals surface area contributed by atoms with Crippen LogP contribution in [0.2, 0.25) is 0 Å². The molecule has 0 fully saturated rings. The third-order valence-corrected chi connectivity index (χ3v) is 15.1. The van der Waals surface area contributed by atoms with Gasteiger partial charge in [-0.05, 0) is 146 Å². The summed E-state index contributed by atoms with van der Waals surface area (Å²) in [6, 6.07) is 91.5. The summed E-state index contributed by atoms with van der Waals surface area (Å²) >= 11 is 0. The molecule has 0 atom stereocenters. The summed E-state index contributed by atoms with van der Waals surface area (Å²) in [6.07, 6.45) is 0. The average molecular weight is 894 g/mol. The molecule has 14 rings (SSSR count). The summed E-state index contributed by atoms with van der Waals surface area (Å²) in [5.74, 6) is 0. The van der Waals surface area contributed by atoms with Crippen molar-refractivity contribution in [3.63, 3.8) is 0 Å². The van der Waals surface area contributed by atoms with Gasteiger partial charge in [-0.1, -0.05) is 172 Å². The van der Waals surface area contributed by atoms with Gasteiger partial charge in [-0.3, -0.25) is 0 Å². The maximum atomic E-state index is 2.44. The van der Waals surface area contributed by atoms with Crippen molar-refractivity contribution in [3.8, 4) is 44.8 Å². The number of nitrogens with zero attached hydrogens (tertiary/aromatic N) is 3. The molecule has 13 aromatic rings. The minimum absolute atomic E-state index is 0.116. The Morgan fingerprint density at radius 1 is 0.300 bits per heavy atom.